The number of esters is 1. The lowest BCUT2D eigenvalue weighted by atomic mass is 10.2. The lowest BCUT2D eigenvalue weighted by molar-refractivity contribution is -0.143. The van der Waals surface area contributed by atoms with Crippen LogP contribution in [0.25, 0.3) is 0 Å². The molecule has 16 heavy (non-hydrogen) atoms. The van der Waals surface area contributed by atoms with E-state index >= 15 is 0 Å². The van der Waals surface area contributed by atoms with E-state index in [-0.39, 0.29) is 25.2 Å². The first kappa shape index (κ1) is 13.0. The summed E-state index contributed by atoms with van der Waals surface area (Å²) in [6.45, 7) is 4.45. The van der Waals surface area contributed by atoms with Crippen molar-refractivity contribution < 1.29 is 9.53 Å². The molecule has 1 aromatic rings. The second-order valence-corrected chi connectivity index (χ2v) is 4.26. The summed E-state index contributed by atoms with van der Waals surface area (Å²) in [5.74, 6) is -0.256. The second-order valence-electron chi connectivity index (χ2n) is 3.83. The van der Waals surface area contributed by atoms with Gasteiger partial charge in [0.25, 0.3) is 0 Å². The first-order valence-electron chi connectivity index (χ1n) is 5.21. The Morgan fingerprint density at radius 2 is 2.25 bits per heavy atom. The van der Waals surface area contributed by atoms with Crippen LogP contribution in [-0.2, 0) is 16.1 Å². The molecule has 88 valence electrons. The SMILES string of the molecule is CC(C)NCC(=O)OCc1cccc(Cl)c1. The highest BCUT2D eigenvalue weighted by Gasteiger charge is 2.04. The maximum Gasteiger partial charge on any atom is 0.320 e. The molecule has 0 saturated carbocycles. The smallest absolute Gasteiger partial charge is 0.320 e. The van der Waals surface area contributed by atoms with E-state index in [0.29, 0.717) is 5.02 Å². The Morgan fingerprint density at radius 3 is 2.88 bits per heavy atom. The van der Waals surface area contributed by atoms with E-state index in [0.717, 1.165) is 5.56 Å². The monoisotopic (exact) mass is 241 g/mol. The van der Waals surface area contributed by atoms with Crippen molar-refractivity contribution in [3.8, 4) is 0 Å². The summed E-state index contributed by atoms with van der Waals surface area (Å²) in [5, 5.41) is 3.64. The van der Waals surface area contributed by atoms with Gasteiger partial charge in [0.15, 0.2) is 0 Å². The van der Waals surface area contributed by atoms with E-state index in [9.17, 15) is 4.79 Å². The number of ether oxygens (including phenoxy) is 1. The van der Waals surface area contributed by atoms with E-state index in [2.05, 4.69) is 5.32 Å². The summed E-state index contributed by atoms with van der Waals surface area (Å²) in [6.07, 6.45) is 0. The molecule has 0 fully saturated rings. The van der Waals surface area contributed by atoms with Crippen molar-refractivity contribution in [3.05, 3.63) is 34.9 Å². The van der Waals surface area contributed by atoms with Gasteiger partial charge >= 0.3 is 5.97 Å². The molecule has 1 aromatic carbocycles. The molecular weight excluding hydrogens is 226 g/mol. The minimum absolute atomic E-state index is 0.234. The maximum absolute atomic E-state index is 11.3. The third kappa shape index (κ3) is 5.14. The summed E-state index contributed by atoms with van der Waals surface area (Å²) in [4.78, 5) is 11.3. The number of rotatable bonds is 5. The summed E-state index contributed by atoms with van der Waals surface area (Å²) >= 11 is 5.81. The number of hydrogen-bond donors (Lipinski definition) is 1. The molecule has 0 amide bonds. The van der Waals surface area contributed by atoms with Crippen LogP contribution in [0.2, 0.25) is 5.02 Å². The fourth-order valence-electron chi connectivity index (χ4n) is 1.13. The third-order valence-electron chi connectivity index (χ3n) is 1.94. The Morgan fingerprint density at radius 1 is 1.50 bits per heavy atom. The van der Waals surface area contributed by atoms with Crippen LogP contribution < -0.4 is 5.32 Å². The molecule has 0 unspecified atom stereocenters. The van der Waals surface area contributed by atoms with Gasteiger partial charge in [-0.05, 0) is 17.7 Å². The summed E-state index contributed by atoms with van der Waals surface area (Å²) in [5.41, 5.74) is 0.894. The van der Waals surface area contributed by atoms with Gasteiger partial charge in [0.05, 0.1) is 6.54 Å². The zero-order chi connectivity index (χ0) is 12.0. The van der Waals surface area contributed by atoms with Gasteiger partial charge in [-0.15, -0.1) is 0 Å². The van der Waals surface area contributed by atoms with Crippen LogP contribution in [0.3, 0.4) is 0 Å². The number of benzene rings is 1. The summed E-state index contributed by atoms with van der Waals surface area (Å²) < 4.78 is 5.07. The zero-order valence-electron chi connectivity index (χ0n) is 9.50. The zero-order valence-corrected chi connectivity index (χ0v) is 10.3. The van der Waals surface area contributed by atoms with E-state index in [1.54, 1.807) is 12.1 Å². The largest absolute Gasteiger partial charge is 0.460 e. The summed E-state index contributed by atoms with van der Waals surface area (Å²) in [6, 6.07) is 7.55. The van der Waals surface area contributed by atoms with Gasteiger partial charge in [0.1, 0.15) is 6.61 Å². The predicted octanol–water partition coefficient (Wildman–Crippen LogP) is 2.38. The van der Waals surface area contributed by atoms with Crippen molar-refractivity contribution in [3.63, 3.8) is 0 Å². The van der Waals surface area contributed by atoms with Gasteiger partial charge in [-0.3, -0.25) is 4.79 Å². The number of carbonyl (C=O) groups is 1. The lowest BCUT2D eigenvalue weighted by Crippen LogP contribution is -2.30. The third-order valence-corrected chi connectivity index (χ3v) is 2.18. The standard InChI is InChI=1S/C12H16ClNO2/c1-9(2)14-7-12(15)16-8-10-4-3-5-11(13)6-10/h3-6,9,14H,7-8H2,1-2H3. The molecule has 1 rings (SSSR count). The molecular formula is C12H16ClNO2. The van der Waals surface area contributed by atoms with Crippen LogP contribution in [0, 0.1) is 0 Å². The van der Waals surface area contributed by atoms with Crippen molar-refractivity contribution in [1.82, 2.24) is 5.32 Å². The highest BCUT2D eigenvalue weighted by Crippen LogP contribution is 2.11. The van der Waals surface area contributed by atoms with Crippen LogP contribution in [0.4, 0.5) is 0 Å². The first-order chi connectivity index (χ1) is 7.58. The molecule has 0 saturated heterocycles. The van der Waals surface area contributed by atoms with E-state index in [1.165, 1.54) is 0 Å². The molecule has 0 atom stereocenters. The molecule has 3 nitrogen and oxygen atoms in total. The maximum atomic E-state index is 11.3. The lowest BCUT2D eigenvalue weighted by Gasteiger charge is -2.08. The van der Waals surface area contributed by atoms with Gasteiger partial charge in [0.2, 0.25) is 0 Å². The van der Waals surface area contributed by atoms with Crippen LogP contribution in [0.15, 0.2) is 24.3 Å². The van der Waals surface area contributed by atoms with Crippen LogP contribution in [-0.4, -0.2) is 18.6 Å². The van der Waals surface area contributed by atoms with Crippen LogP contribution in [0.5, 0.6) is 0 Å². The molecule has 1 N–H and O–H groups in total. The Kier molecular flexibility index (Phi) is 5.29. The topological polar surface area (TPSA) is 38.3 Å². The molecule has 0 radical (unpaired) electrons. The van der Waals surface area contributed by atoms with Gasteiger partial charge in [-0.25, -0.2) is 0 Å². The van der Waals surface area contributed by atoms with Crippen LogP contribution in [0.1, 0.15) is 19.4 Å². The van der Waals surface area contributed by atoms with Crippen molar-refractivity contribution >= 4 is 17.6 Å². The Bertz CT molecular complexity index is 353. The van der Waals surface area contributed by atoms with Crippen molar-refractivity contribution in [2.24, 2.45) is 0 Å². The molecule has 0 aliphatic carbocycles. The van der Waals surface area contributed by atoms with Gasteiger partial charge in [-0.1, -0.05) is 37.6 Å². The van der Waals surface area contributed by atoms with Gasteiger partial charge < -0.3 is 10.1 Å². The molecule has 0 aliphatic rings. The van der Waals surface area contributed by atoms with E-state index in [4.69, 9.17) is 16.3 Å². The average molecular weight is 242 g/mol. The summed E-state index contributed by atoms with van der Waals surface area (Å²) in [7, 11) is 0. The highest BCUT2D eigenvalue weighted by atomic mass is 35.5. The first-order valence-corrected chi connectivity index (χ1v) is 5.59. The molecule has 0 bridgehead atoms. The predicted molar refractivity (Wildman–Crippen MR) is 64.4 cm³/mol. The molecule has 4 heteroatoms. The molecule has 0 heterocycles. The number of halogens is 1. The Labute approximate surface area is 101 Å². The quantitative estimate of drug-likeness (QED) is 0.805. The molecule has 0 spiro atoms. The minimum atomic E-state index is -0.256. The van der Waals surface area contributed by atoms with Crippen LogP contribution >= 0.6 is 11.6 Å². The Hall–Kier alpha value is -1.06. The number of hydrogen-bond acceptors (Lipinski definition) is 3. The second kappa shape index (κ2) is 6.51. The fraction of sp³-hybridized carbons (Fsp3) is 0.417. The number of nitrogens with one attached hydrogen (secondary N) is 1. The van der Waals surface area contributed by atoms with Gasteiger partial charge in [0, 0.05) is 11.1 Å². The van der Waals surface area contributed by atoms with Crippen molar-refractivity contribution in [2.75, 3.05) is 6.54 Å². The molecule has 0 aromatic heterocycles. The van der Waals surface area contributed by atoms with Crippen molar-refractivity contribution in [2.45, 2.75) is 26.5 Å². The van der Waals surface area contributed by atoms with Gasteiger partial charge in [-0.2, -0.15) is 0 Å². The average Bonchev–Trinajstić information content (AvgIpc) is 2.23. The van der Waals surface area contributed by atoms with Crippen molar-refractivity contribution in [1.29, 1.82) is 0 Å². The molecule has 0 aliphatic heterocycles. The highest BCUT2D eigenvalue weighted by molar-refractivity contribution is 6.30. The number of carbonyl (C=O) groups excluding carboxylic acids is 1. The minimum Gasteiger partial charge on any atom is -0.460 e. The van der Waals surface area contributed by atoms with E-state index in [1.807, 2.05) is 26.0 Å². The fourth-order valence-corrected chi connectivity index (χ4v) is 1.34. The Balaban J connectivity index is 2.31. The van der Waals surface area contributed by atoms with E-state index < -0.39 is 0 Å². The normalized spacial score (nSPS) is 10.5.